The van der Waals surface area contributed by atoms with Crippen molar-refractivity contribution in [3.05, 3.63) is 54.1 Å². The Morgan fingerprint density at radius 2 is 1.89 bits per heavy atom. The Morgan fingerprint density at radius 1 is 1.25 bits per heavy atom. The molecule has 9 heteroatoms. The molecule has 0 aliphatic heterocycles. The van der Waals surface area contributed by atoms with Crippen LogP contribution in [0.5, 0.6) is 0 Å². The summed E-state index contributed by atoms with van der Waals surface area (Å²) in [6, 6.07) is 9.43. The van der Waals surface area contributed by atoms with Crippen molar-refractivity contribution in [3.63, 3.8) is 0 Å². The minimum absolute atomic E-state index is 0. The van der Waals surface area contributed by atoms with Gasteiger partial charge in [-0.1, -0.05) is 30.3 Å². The molecule has 0 bridgehead atoms. The Labute approximate surface area is 182 Å². The predicted octanol–water partition coefficient (Wildman–Crippen LogP) is 2.31. The SMILES string of the molecule is CC(C)(C)S(=O)CCNC(=O)[C@@H](N)Cc1cn(Cc2ccccc2)cn1.Cl.Cl. The van der Waals surface area contributed by atoms with Gasteiger partial charge in [0.25, 0.3) is 0 Å². The van der Waals surface area contributed by atoms with Gasteiger partial charge in [0, 0.05) is 47.0 Å². The number of hydrogen-bond acceptors (Lipinski definition) is 4. The third kappa shape index (κ3) is 8.73. The smallest absolute Gasteiger partial charge is 0.237 e. The molecule has 158 valence electrons. The third-order valence-corrected chi connectivity index (χ3v) is 5.87. The highest BCUT2D eigenvalue weighted by Crippen LogP contribution is 2.10. The number of halogens is 2. The van der Waals surface area contributed by atoms with E-state index in [1.165, 1.54) is 5.56 Å². The van der Waals surface area contributed by atoms with Gasteiger partial charge in [-0.15, -0.1) is 24.8 Å². The minimum Gasteiger partial charge on any atom is -0.354 e. The van der Waals surface area contributed by atoms with Crippen LogP contribution in [0.25, 0.3) is 0 Å². The van der Waals surface area contributed by atoms with E-state index < -0.39 is 16.8 Å². The Bertz CT molecular complexity index is 748. The molecular weight excluding hydrogens is 419 g/mol. The number of carbonyl (C=O) groups excluding carboxylic acids is 1. The number of nitrogens with zero attached hydrogens (tertiary/aromatic N) is 2. The maximum absolute atomic E-state index is 12.1. The highest BCUT2D eigenvalue weighted by atomic mass is 35.5. The number of benzene rings is 1. The summed E-state index contributed by atoms with van der Waals surface area (Å²) in [7, 11) is -0.992. The van der Waals surface area contributed by atoms with Crippen LogP contribution in [0.15, 0.2) is 42.9 Å². The van der Waals surface area contributed by atoms with Crippen LogP contribution in [0, 0.1) is 0 Å². The fraction of sp³-hybridized carbons (Fsp3) is 0.474. The van der Waals surface area contributed by atoms with Crippen molar-refractivity contribution >= 4 is 41.5 Å². The van der Waals surface area contributed by atoms with E-state index in [-0.39, 0.29) is 35.5 Å². The molecule has 0 spiro atoms. The van der Waals surface area contributed by atoms with Crippen LogP contribution in [-0.4, -0.2) is 42.8 Å². The van der Waals surface area contributed by atoms with Crippen LogP contribution < -0.4 is 11.1 Å². The summed E-state index contributed by atoms with van der Waals surface area (Å²) < 4.78 is 13.7. The predicted molar refractivity (Wildman–Crippen MR) is 120 cm³/mol. The maximum atomic E-state index is 12.1. The Kier molecular flexibility index (Phi) is 11.6. The molecule has 0 saturated heterocycles. The fourth-order valence-electron chi connectivity index (χ4n) is 2.41. The molecule has 0 radical (unpaired) electrons. The summed E-state index contributed by atoms with van der Waals surface area (Å²) in [6.07, 6.45) is 4.03. The van der Waals surface area contributed by atoms with Crippen LogP contribution in [-0.2, 0) is 28.6 Å². The molecule has 0 aliphatic carbocycles. The number of rotatable bonds is 8. The number of aromatic nitrogens is 2. The van der Waals surface area contributed by atoms with Gasteiger partial charge < -0.3 is 15.6 Å². The van der Waals surface area contributed by atoms with Crippen LogP contribution in [0.4, 0.5) is 0 Å². The van der Waals surface area contributed by atoms with Crippen LogP contribution >= 0.6 is 24.8 Å². The number of hydrogen-bond donors (Lipinski definition) is 2. The van der Waals surface area contributed by atoms with Gasteiger partial charge in [0.15, 0.2) is 0 Å². The summed E-state index contributed by atoms with van der Waals surface area (Å²) in [6.45, 7) is 6.85. The third-order valence-electron chi connectivity index (χ3n) is 3.93. The number of imidazole rings is 1. The largest absolute Gasteiger partial charge is 0.354 e. The molecule has 28 heavy (non-hydrogen) atoms. The number of nitrogens with two attached hydrogens (primary N) is 1. The molecule has 0 aliphatic rings. The van der Waals surface area contributed by atoms with Gasteiger partial charge in [-0.25, -0.2) is 4.98 Å². The van der Waals surface area contributed by atoms with Crippen molar-refractivity contribution in [3.8, 4) is 0 Å². The lowest BCUT2D eigenvalue weighted by atomic mass is 10.1. The van der Waals surface area contributed by atoms with E-state index in [0.717, 1.165) is 12.2 Å². The van der Waals surface area contributed by atoms with E-state index in [9.17, 15) is 9.00 Å². The number of amides is 1. The zero-order chi connectivity index (χ0) is 19.2. The normalized spacial score (nSPS) is 13.0. The Hall–Kier alpha value is -1.41. The molecule has 0 fully saturated rings. The second-order valence-electron chi connectivity index (χ2n) is 7.29. The zero-order valence-corrected chi connectivity index (χ0v) is 18.9. The van der Waals surface area contributed by atoms with Crippen molar-refractivity contribution in [2.24, 2.45) is 5.73 Å². The molecule has 3 N–H and O–H groups in total. The lowest BCUT2D eigenvalue weighted by Gasteiger charge is -2.18. The minimum atomic E-state index is -0.992. The zero-order valence-electron chi connectivity index (χ0n) is 16.5. The molecular formula is C19H30Cl2N4O2S. The number of nitrogens with one attached hydrogen (secondary N) is 1. The summed E-state index contributed by atoms with van der Waals surface area (Å²) in [4.78, 5) is 16.4. The van der Waals surface area contributed by atoms with E-state index in [0.29, 0.717) is 18.7 Å². The van der Waals surface area contributed by atoms with Gasteiger partial charge in [0.05, 0.1) is 18.1 Å². The molecule has 0 saturated carbocycles. The van der Waals surface area contributed by atoms with E-state index in [2.05, 4.69) is 22.4 Å². The van der Waals surface area contributed by atoms with E-state index >= 15 is 0 Å². The molecule has 1 aromatic carbocycles. The van der Waals surface area contributed by atoms with Crippen molar-refractivity contribution in [1.29, 1.82) is 0 Å². The molecule has 6 nitrogen and oxygen atoms in total. The van der Waals surface area contributed by atoms with E-state index in [1.807, 2.05) is 49.7 Å². The maximum Gasteiger partial charge on any atom is 0.237 e. The van der Waals surface area contributed by atoms with Crippen molar-refractivity contribution in [2.45, 2.75) is 44.5 Å². The van der Waals surface area contributed by atoms with Gasteiger partial charge in [-0.3, -0.25) is 9.00 Å². The molecule has 1 heterocycles. The Morgan fingerprint density at radius 3 is 2.50 bits per heavy atom. The van der Waals surface area contributed by atoms with Gasteiger partial charge >= 0.3 is 0 Å². The first-order chi connectivity index (χ1) is 12.3. The quantitative estimate of drug-likeness (QED) is 0.647. The standard InChI is InChI=1S/C19H28N4O2S.2ClH/c1-19(2,3)26(25)10-9-21-18(24)17(20)11-16-13-23(14-22-16)12-15-7-5-4-6-8-15;;/h4-8,13-14,17H,9-12,20H2,1-3H3,(H,21,24);2*1H/t17-,26?;;/m0../s1. The average Bonchev–Trinajstić information content (AvgIpc) is 3.01. The lowest BCUT2D eigenvalue weighted by Crippen LogP contribution is -2.44. The molecule has 2 atom stereocenters. The van der Waals surface area contributed by atoms with Crippen molar-refractivity contribution in [2.75, 3.05) is 12.3 Å². The summed E-state index contributed by atoms with van der Waals surface area (Å²) in [5.74, 6) is 0.182. The van der Waals surface area contributed by atoms with Crippen LogP contribution in [0.3, 0.4) is 0 Å². The first-order valence-electron chi connectivity index (χ1n) is 8.72. The van der Waals surface area contributed by atoms with Gasteiger partial charge in [0.2, 0.25) is 5.91 Å². The first kappa shape index (κ1) is 26.6. The van der Waals surface area contributed by atoms with Gasteiger partial charge in [-0.05, 0) is 26.3 Å². The second-order valence-corrected chi connectivity index (χ2v) is 9.61. The number of carbonyl (C=O) groups is 1. The fourth-order valence-corrected chi connectivity index (χ4v) is 3.31. The highest BCUT2D eigenvalue weighted by Gasteiger charge is 2.20. The second kappa shape index (κ2) is 12.2. The van der Waals surface area contributed by atoms with Gasteiger partial charge in [-0.2, -0.15) is 0 Å². The monoisotopic (exact) mass is 448 g/mol. The van der Waals surface area contributed by atoms with Crippen molar-refractivity contribution in [1.82, 2.24) is 14.9 Å². The molecule has 1 unspecified atom stereocenters. The lowest BCUT2D eigenvalue weighted by molar-refractivity contribution is -0.122. The van der Waals surface area contributed by atoms with E-state index in [1.54, 1.807) is 6.33 Å². The molecule has 1 amide bonds. The summed E-state index contributed by atoms with van der Waals surface area (Å²) in [5, 5.41) is 2.76. The Balaban J connectivity index is 0.00000364. The van der Waals surface area contributed by atoms with Crippen molar-refractivity contribution < 1.29 is 9.00 Å². The summed E-state index contributed by atoms with van der Waals surface area (Å²) in [5.41, 5.74) is 7.94. The average molecular weight is 449 g/mol. The van der Waals surface area contributed by atoms with Gasteiger partial charge in [0.1, 0.15) is 0 Å². The molecule has 2 rings (SSSR count). The van der Waals surface area contributed by atoms with Crippen LogP contribution in [0.1, 0.15) is 32.0 Å². The highest BCUT2D eigenvalue weighted by molar-refractivity contribution is 7.86. The molecule has 2 aromatic rings. The summed E-state index contributed by atoms with van der Waals surface area (Å²) >= 11 is 0. The van der Waals surface area contributed by atoms with Crippen LogP contribution in [0.2, 0.25) is 0 Å². The first-order valence-corrected chi connectivity index (χ1v) is 10.0. The topological polar surface area (TPSA) is 90.0 Å². The van der Waals surface area contributed by atoms with E-state index in [4.69, 9.17) is 5.73 Å². The molecule has 1 aromatic heterocycles.